The standard InChI is InChI=1S/C15H21N3O2S2/c19-14(9-12-3-1-8-22-12)17-4-2-5-18(7-6-17)15(20)13-10-21-11-16-13/h1,3,8,13,16H,2,4-7,9-11H2. The fourth-order valence-electron chi connectivity index (χ4n) is 2.84. The summed E-state index contributed by atoms with van der Waals surface area (Å²) in [5.41, 5.74) is 0. The molecule has 0 aliphatic carbocycles. The van der Waals surface area contributed by atoms with Gasteiger partial charge in [-0.2, -0.15) is 0 Å². The van der Waals surface area contributed by atoms with Gasteiger partial charge in [0, 0.05) is 42.7 Å². The van der Waals surface area contributed by atoms with Crippen LogP contribution in [0.3, 0.4) is 0 Å². The Hall–Kier alpha value is -1.05. The van der Waals surface area contributed by atoms with Crippen molar-refractivity contribution >= 4 is 34.9 Å². The first-order chi connectivity index (χ1) is 10.7. The molecule has 1 atom stereocenters. The minimum atomic E-state index is -0.0432. The number of carbonyl (C=O) groups excluding carboxylic acids is 2. The summed E-state index contributed by atoms with van der Waals surface area (Å²) in [6.07, 6.45) is 1.34. The van der Waals surface area contributed by atoms with Gasteiger partial charge in [-0.05, 0) is 17.9 Å². The van der Waals surface area contributed by atoms with Crippen LogP contribution in [0.2, 0.25) is 0 Å². The molecule has 0 bridgehead atoms. The highest BCUT2D eigenvalue weighted by Crippen LogP contribution is 2.15. The predicted molar refractivity (Wildman–Crippen MR) is 90.0 cm³/mol. The van der Waals surface area contributed by atoms with E-state index in [1.165, 1.54) is 0 Å². The zero-order chi connectivity index (χ0) is 15.4. The van der Waals surface area contributed by atoms with Crippen molar-refractivity contribution in [1.82, 2.24) is 15.1 Å². The summed E-state index contributed by atoms with van der Waals surface area (Å²) < 4.78 is 0. The average molecular weight is 339 g/mol. The van der Waals surface area contributed by atoms with Crippen LogP contribution < -0.4 is 5.32 Å². The molecule has 0 radical (unpaired) electrons. The topological polar surface area (TPSA) is 52.7 Å². The lowest BCUT2D eigenvalue weighted by Crippen LogP contribution is -2.46. The number of nitrogens with zero attached hydrogens (tertiary/aromatic N) is 2. The predicted octanol–water partition coefficient (Wildman–Crippen LogP) is 1.01. The molecule has 2 saturated heterocycles. The Morgan fingerprint density at radius 2 is 2.05 bits per heavy atom. The summed E-state index contributed by atoms with van der Waals surface area (Å²) in [7, 11) is 0. The first-order valence-corrected chi connectivity index (χ1v) is 9.67. The van der Waals surface area contributed by atoms with Crippen molar-refractivity contribution in [3.8, 4) is 0 Å². The number of hydrogen-bond donors (Lipinski definition) is 1. The van der Waals surface area contributed by atoms with Crippen LogP contribution in [0.25, 0.3) is 0 Å². The van der Waals surface area contributed by atoms with Crippen LogP contribution in [-0.2, 0) is 16.0 Å². The second-order valence-electron chi connectivity index (χ2n) is 5.59. The molecule has 0 spiro atoms. The Balaban J connectivity index is 1.53. The van der Waals surface area contributed by atoms with Gasteiger partial charge in [-0.1, -0.05) is 6.07 Å². The summed E-state index contributed by atoms with van der Waals surface area (Å²) in [4.78, 5) is 29.7. The van der Waals surface area contributed by atoms with E-state index in [9.17, 15) is 9.59 Å². The molecule has 5 nitrogen and oxygen atoms in total. The van der Waals surface area contributed by atoms with E-state index in [0.29, 0.717) is 19.5 Å². The van der Waals surface area contributed by atoms with Crippen molar-refractivity contribution in [1.29, 1.82) is 0 Å². The van der Waals surface area contributed by atoms with Gasteiger partial charge in [0.2, 0.25) is 11.8 Å². The van der Waals surface area contributed by atoms with E-state index < -0.39 is 0 Å². The van der Waals surface area contributed by atoms with Gasteiger partial charge in [-0.3, -0.25) is 14.9 Å². The average Bonchev–Trinajstić information content (AvgIpc) is 3.16. The number of nitrogens with one attached hydrogen (secondary N) is 1. The van der Waals surface area contributed by atoms with Gasteiger partial charge in [0.1, 0.15) is 0 Å². The smallest absolute Gasteiger partial charge is 0.240 e. The first-order valence-electron chi connectivity index (χ1n) is 7.64. The number of rotatable bonds is 3. The molecule has 0 aromatic carbocycles. The molecule has 1 N–H and O–H groups in total. The molecular formula is C15H21N3O2S2. The van der Waals surface area contributed by atoms with Crippen molar-refractivity contribution in [2.75, 3.05) is 37.8 Å². The third-order valence-corrected chi connectivity index (χ3v) is 5.90. The van der Waals surface area contributed by atoms with Gasteiger partial charge in [0.15, 0.2) is 0 Å². The third-order valence-electron chi connectivity index (χ3n) is 4.08. The van der Waals surface area contributed by atoms with Crippen LogP contribution in [0.5, 0.6) is 0 Å². The summed E-state index contributed by atoms with van der Waals surface area (Å²) in [6.45, 7) is 2.80. The highest BCUT2D eigenvalue weighted by atomic mass is 32.2. The van der Waals surface area contributed by atoms with Crippen molar-refractivity contribution in [3.05, 3.63) is 22.4 Å². The first kappa shape index (κ1) is 15.8. The molecule has 2 fully saturated rings. The minimum Gasteiger partial charge on any atom is -0.341 e. The second-order valence-corrected chi connectivity index (χ2v) is 7.65. The monoisotopic (exact) mass is 339 g/mol. The van der Waals surface area contributed by atoms with Crippen LogP contribution >= 0.6 is 23.1 Å². The highest BCUT2D eigenvalue weighted by Gasteiger charge is 2.29. The van der Waals surface area contributed by atoms with Crippen LogP contribution in [0.1, 0.15) is 11.3 Å². The zero-order valence-electron chi connectivity index (χ0n) is 12.5. The summed E-state index contributed by atoms with van der Waals surface area (Å²) >= 11 is 3.39. The number of amides is 2. The number of carbonyl (C=O) groups is 2. The van der Waals surface area contributed by atoms with Gasteiger partial charge in [0.25, 0.3) is 0 Å². The van der Waals surface area contributed by atoms with E-state index in [4.69, 9.17) is 0 Å². The third kappa shape index (κ3) is 3.83. The van der Waals surface area contributed by atoms with Gasteiger partial charge in [0.05, 0.1) is 12.5 Å². The lowest BCUT2D eigenvalue weighted by Gasteiger charge is -2.24. The molecular weight excluding hydrogens is 318 g/mol. The van der Waals surface area contributed by atoms with Gasteiger partial charge >= 0.3 is 0 Å². The van der Waals surface area contributed by atoms with E-state index in [1.54, 1.807) is 23.1 Å². The van der Waals surface area contributed by atoms with Crippen LogP contribution in [0.4, 0.5) is 0 Å². The molecule has 1 aromatic rings. The van der Waals surface area contributed by atoms with Crippen LogP contribution in [0, 0.1) is 0 Å². The van der Waals surface area contributed by atoms with Gasteiger partial charge in [-0.25, -0.2) is 0 Å². The maximum absolute atomic E-state index is 12.4. The Morgan fingerprint density at radius 3 is 2.77 bits per heavy atom. The number of hydrogen-bond acceptors (Lipinski definition) is 5. The molecule has 2 aliphatic rings. The largest absolute Gasteiger partial charge is 0.341 e. The van der Waals surface area contributed by atoms with Crippen molar-refractivity contribution in [2.45, 2.75) is 18.9 Å². The van der Waals surface area contributed by atoms with E-state index in [2.05, 4.69) is 5.32 Å². The van der Waals surface area contributed by atoms with Crippen molar-refractivity contribution < 1.29 is 9.59 Å². The number of thiophene rings is 1. The normalized spacial score (nSPS) is 22.6. The lowest BCUT2D eigenvalue weighted by molar-refractivity contribution is -0.134. The Labute approximate surface area is 139 Å². The summed E-state index contributed by atoms with van der Waals surface area (Å²) in [5.74, 6) is 2.08. The van der Waals surface area contributed by atoms with Crippen molar-refractivity contribution in [3.63, 3.8) is 0 Å². The van der Waals surface area contributed by atoms with Gasteiger partial charge < -0.3 is 9.80 Å². The molecule has 120 valence electrons. The van der Waals surface area contributed by atoms with Crippen molar-refractivity contribution in [2.24, 2.45) is 0 Å². The quantitative estimate of drug-likeness (QED) is 0.893. The lowest BCUT2D eigenvalue weighted by atomic mass is 10.2. The SMILES string of the molecule is O=C(Cc1cccs1)N1CCCN(C(=O)C2CSCN2)CC1. The fraction of sp³-hybridized carbons (Fsp3) is 0.600. The highest BCUT2D eigenvalue weighted by molar-refractivity contribution is 7.99. The van der Waals surface area contributed by atoms with Crippen LogP contribution in [0.15, 0.2) is 17.5 Å². The van der Waals surface area contributed by atoms with E-state index in [-0.39, 0.29) is 17.9 Å². The second kappa shape index (κ2) is 7.48. The fourth-order valence-corrected chi connectivity index (χ4v) is 4.46. The molecule has 1 unspecified atom stereocenters. The number of thioether (sulfide) groups is 1. The summed E-state index contributed by atoms with van der Waals surface area (Å²) in [6, 6.07) is 3.93. The molecule has 3 rings (SSSR count). The van der Waals surface area contributed by atoms with Crippen LogP contribution in [-0.4, -0.2) is 65.5 Å². The van der Waals surface area contributed by atoms with E-state index in [0.717, 1.165) is 36.0 Å². The zero-order valence-corrected chi connectivity index (χ0v) is 14.1. The molecule has 7 heteroatoms. The maximum atomic E-state index is 12.4. The molecule has 0 saturated carbocycles. The van der Waals surface area contributed by atoms with E-state index in [1.807, 2.05) is 27.3 Å². The molecule has 2 amide bonds. The molecule has 22 heavy (non-hydrogen) atoms. The Kier molecular flexibility index (Phi) is 5.38. The Bertz CT molecular complexity index is 515. The summed E-state index contributed by atoms with van der Waals surface area (Å²) in [5, 5.41) is 5.23. The molecule has 1 aromatic heterocycles. The molecule has 3 heterocycles. The maximum Gasteiger partial charge on any atom is 0.240 e. The minimum absolute atomic E-state index is 0.0432. The Morgan fingerprint density at radius 1 is 1.23 bits per heavy atom. The van der Waals surface area contributed by atoms with E-state index >= 15 is 0 Å². The molecule has 2 aliphatic heterocycles. The van der Waals surface area contributed by atoms with Gasteiger partial charge in [-0.15, -0.1) is 23.1 Å².